The summed E-state index contributed by atoms with van der Waals surface area (Å²) in [6, 6.07) is 0. The fraction of sp³-hybridized carbons (Fsp3) is 0.833. The van der Waals surface area contributed by atoms with Crippen LogP contribution in [-0.4, -0.2) is 51.0 Å². The summed E-state index contributed by atoms with van der Waals surface area (Å²) in [7, 11) is 0. The van der Waals surface area contributed by atoms with Crippen LogP contribution in [0.3, 0.4) is 0 Å². The van der Waals surface area contributed by atoms with Crippen molar-refractivity contribution in [3.63, 3.8) is 0 Å². The highest BCUT2D eigenvalue weighted by Crippen LogP contribution is 2.18. The zero-order chi connectivity index (χ0) is 9.30. The monoisotopic (exact) mass is 178 g/mol. The van der Waals surface area contributed by atoms with E-state index in [4.69, 9.17) is 20.4 Å². The molecule has 1 unspecified atom stereocenters. The molecule has 0 amide bonds. The molecule has 6 nitrogen and oxygen atoms in total. The van der Waals surface area contributed by atoms with E-state index in [0.29, 0.717) is 0 Å². The van der Waals surface area contributed by atoms with Crippen LogP contribution in [0.1, 0.15) is 6.42 Å². The number of carboxylic acid groups (broad SMARTS) is 1. The maximum absolute atomic E-state index is 10.3. The van der Waals surface area contributed by atoms with Gasteiger partial charge in [-0.25, -0.2) is 4.79 Å². The molecule has 0 aromatic heterocycles. The van der Waals surface area contributed by atoms with E-state index in [1.54, 1.807) is 0 Å². The Labute approximate surface area is 68.0 Å². The lowest BCUT2D eigenvalue weighted by atomic mass is 10.0. The summed E-state index contributed by atoms with van der Waals surface area (Å²) in [5, 5.41) is 35.2. The van der Waals surface area contributed by atoms with Gasteiger partial charge < -0.3 is 25.2 Å². The molecule has 0 aromatic rings. The van der Waals surface area contributed by atoms with Crippen molar-refractivity contribution in [2.24, 2.45) is 0 Å². The molecule has 70 valence electrons. The average Bonchev–Trinajstić information content (AvgIpc) is 1.99. The first-order valence-electron chi connectivity index (χ1n) is 3.45. The van der Waals surface area contributed by atoms with Crippen molar-refractivity contribution >= 4 is 5.97 Å². The Morgan fingerprint density at radius 3 is 2.33 bits per heavy atom. The molecule has 6 heteroatoms. The Morgan fingerprint density at radius 1 is 1.33 bits per heavy atom. The van der Waals surface area contributed by atoms with Crippen molar-refractivity contribution < 1.29 is 30.0 Å². The fourth-order valence-corrected chi connectivity index (χ4v) is 1.01. The zero-order valence-electron chi connectivity index (χ0n) is 6.12. The van der Waals surface area contributed by atoms with Gasteiger partial charge in [0.2, 0.25) is 0 Å². The smallest absolute Gasteiger partial charge is 0.333 e. The van der Waals surface area contributed by atoms with Crippen LogP contribution in [0, 0.1) is 0 Å². The molecular formula is C6H10O6. The standard InChI is InChI=1S/C6H10O6/c7-2-1-3(5(9)10)12-6(11)4(2)8/h2-4,6-8,11H,1H2,(H,9,10)/t2-,3?,4+,6+/m0/s1. The third kappa shape index (κ3) is 1.72. The van der Waals surface area contributed by atoms with Crippen LogP contribution in [0.2, 0.25) is 0 Å². The van der Waals surface area contributed by atoms with E-state index in [2.05, 4.69) is 4.74 Å². The van der Waals surface area contributed by atoms with Crippen LogP contribution in [-0.2, 0) is 9.53 Å². The van der Waals surface area contributed by atoms with Crippen LogP contribution >= 0.6 is 0 Å². The molecule has 0 aromatic carbocycles. The van der Waals surface area contributed by atoms with Gasteiger partial charge in [0.15, 0.2) is 12.4 Å². The molecule has 1 saturated heterocycles. The third-order valence-electron chi connectivity index (χ3n) is 1.72. The Morgan fingerprint density at radius 2 is 1.92 bits per heavy atom. The molecule has 0 radical (unpaired) electrons. The van der Waals surface area contributed by atoms with E-state index in [9.17, 15) is 4.79 Å². The number of aliphatic hydroxyl groups excluding tert-OH is 3. The van der Waals surface area contributed by atoms with E-state index in [0.717, 1.165) is 0 Å². The summed E-state index contributed by atoms with van der Waals surface area (Å²) in [5.41, 5.74) is 0. The Kier molecular flexibility index (Phi) is 2.63. The highest BCUT2D eigenvalue weighted by atomic mass is 16.6. The molecule has 0 aliphatic carbocycles. The summed E-state index contributed by atoms with van der Waals surface area (Å²) < 4.78 is 4.48. The van der Waals surface area contributed by atoms with Crippen molar-refractivity contribution in [2.75, 3.05) is 0 Å². The van der Waals surface area contributed by atoms with Gasteiger partial charge in [-0.1, -0.05) is 0 Å². The van der Waals surface area contributed by atoms with Crippen LogP contribution < -0.4 is 0 Å². The average molecular weight is 178 g/mol. The van der Waals surface area contributed by atoms with Gasteiger partial charge in [0.25, 0.3) is 0 Å². The number of hydrogen-bond acceptors (Lipinski definition) is 5. The maximum Gasteiger partial charge on any atom is 0.333 e. The number of rotatable bonds is 1. The molecule has 1 rings (SSSR count). The van der Waals surface area contributed by atoms with Gasteiger partial charge in [-0.3, -0.25) is 0 Å². The molecular weight excluding hydrogens is 168 g/mol. The summed E-state index contributed by atoms with van der Waals surface area (Å²) in [6.07, 6.45) is -5.78. The van der Waals surface area contributed by atoms with Crippen molar-refractivity contribution in [1.29, 1.82) is 0 Å². The van der Waals surface area contributed by atoms with Gasteiger partial charge in [0, 0.05) is 6.42 Å². The van der Waals surface area contributed by atoms with E-state index in [-0.39, 0.29) is 6.42 Å². The second-order valence-corrected chi connectivity index (χ2v) is 2.65. The van der Waals surface area contributed by atoms with Crippen LogP contribution in [0.25, 0.3) is 0 Å². The summed E-state index contributed by atoms with van der Waals surface area (Å²) in [6.45, 7) is 0. The van der Waals surface area contributed by atoms with Crippen molar-refractivity contribution in [3.05, 3.63) is 0 Å². The van der Waals surface area contributed by atoms with Crippen LogP contribution in [0.15, 0.2) is 0 Å². The number of aliphatic carboxylic acids is 1. The molecule has 0 spiro atoms. The minimum absolute atomic E-state index is 0.215. The molecule has 1 aliphatic heterocycles. The van der Waals surface area contributed by atoms with E-state index >= 15 is 0 Å². The number of ether oxygens (including phenoxy) is 1. The third-order valence-corrected chi connectivity index (χ3v) is 1.72. The highest BCUT2D eigenvalue weighted by Gasteiger charge is 2.38. The van der Waals surface area contributed by atoms with Gasteiger partial charge in [-0.2, -0.15) is 0 Å². The Bertz CT molecular complexity index is 169. The Balaban J connectivity index is 2.59. The highest BCUT2D eigenvalue weighted by molar-refractivity contribution is 5.72. The van der Waals surface area contributed by atoms with Crippen LogP contribution in [0.5, 0.6) is 0 Å². The molecule has 0 bridgehead atoms. The Hall–Kier alpha value is -0.690. The second-order valence-electron chi connectivity index (χ2n) is 2.65. The topological polar surface area (TPSA) is 107 Å². The number of hydrogen-bond donors (Lipinski definition) is 4. The minimum Gasteiger partial charge on any atom is -0.479 e. The van der Waals surface area contributed by atoms with Crippen molar-refractivity contribution in [3.8, 4) is 0 Å². The first-order valence-corrected chi connectivity index (χ1v) is 3.45. The SMILES string of the molecule is O=C(O)C1C[C@H](O)[C@@H](O)[C@H](O)O1. The minimum atomic E-state index is -1.63. The van der Waals surface area contributed by atoms with E-state index in [1.165, 1.54) is 0 Å². The fourth-order valence-electron chi connectivity index (χ4n) is 1.01. The summed E-state index contributed by atoms with van der Waals surface area (Å²) >= 11 is 0. The van der Waals surface area contributed by atoms with Crippen molar-refractivity contribution in [2.45, 2.75) is 31.0 Å². The molecule has 4 atom stereocenters. The first-order chi connectivity index (χ1) is 5.52. The van der Waals surface area contributed by atoms with E-state index < -0.39 is 30.6 Å². The summed E-state index contributed by atoms with van der Waals surface area (Å²) in [4.78, 5) is 10.3. The van der Waals surface area contributed by atoms with Gasteiger partial charge >= 0.3 is 5.97 Å². The largest absolute Gasteiger partial charge is 0.479 e. The normalized spacial score (nSPS) is 42.6. The van der Waals surface area contributed by atoms with E-state index in [1.807, 2.05) is 0 Å². The lowest BCUT2D eigenvalue weighted by molar-refractivity contribution is -0.248. The second kappa shape index (κ2) is 3.36. The van der Waals surface area contributed by atoms with Gasteiger partial charge in [0.05, 0.1) is 6.10 Å². The first kappa shape index (κ1) is 9.40. The van der Waals surface area contributed by atoms with Gasteiger partial charge in [-0.15, -0.1) is 0 Å². The van der Waals surface area contributed by atoms with Gasteiger partial charge in [-0.05, 0) is 0 Å². The number of aliphatic hydroxyl groups is 3. The van der Waals surface area contributed by atoms with Crippen LogP contribution in [0.4, 0.5) is 0 Å². The zero-order valence-corrected chi connectivity index (χ0v) is 6.12. The molecule has 1 heterocycles. The quantitative estimate of drug-likeness (QED) is 0.366. The number of carboxylic acids is 1. The van der Waals surface area contributed by atoms with Gasteiger partial charge in [0.1, 0.15) is 6.10 Å². The molecule has 12 heavy (non-hydrogen) atoms. The molecule has 0 saturated carbocycles. The van der Waals surface area contributed by atoms with Crippen molar-refractivity contribution in [1.82, 2.24) is 0 Å². The predicted molar refractivity (Wildman–Crippen MR) is 35.1 cm³/mol. The molecule has 4 N–H and O–H groups in total. The molecule has 1 aliphatic rings. The number of carbonyl (C=O) groups is 1. The maximum atomic E-state index is 10.3. The summed E-state index contributed by atoms with van der Waals surface area (Å²) in [5.74, 6) is -1.26. The molecule has 1 fully saturated rings. The lowest BCUT2D eigenvalue weighted by Gasteiger charge is -2.32. The predicted octanol–water partition coefficient (Wildman–Crippen LogP) is -2.10. The lowest BCUT2D eigenvalue weighted by Crippen LogP contribution is -2.50.